The number of rotatable bonds is 3. The largest absolute Gasteiger partial charge is 0.529 e. The molecule has 3 aromatic rings. The maximum atomic E-state index is 12.4. The molecule has 0 unspecified atom stereocenters. The van der Waals surface area contributed by atoms with Crippen molar-refractivity contribution in [1.29, 1.82) is 0 Å². The van der Waals surface area contributed by atoms with Gasteiger partial charge in [-0.05, 0) is 24.1 Å². The van der Waals surface area contributed by atoms with Crippen LogP contribution in [0, 0.1) is 6.92 Å². The average molecular weight is 332 g/mol. The predicted octanol–water partition coefficient (Wildman–Crippen LogP) is 2.25. The van der Waals surface area contributed by atoms with Crippen molar-refractivity contribution in [1.82, 2.24) is 4.57 Å². The summed E-state index contributed by atoms with van der Waals surface area (Å²) in [7, 11) is 0. The van der Waals surface area contributed by atoms with Crippen molar-refractivity contribution in [2.75, 3.05) is 0 Å². The monoisotopic (exact) mass is 332 g/mol. The Bertz CT molecular complexity index is 1000. The number of carboxylic acid groups (broad SMARTS) is 1. The average Bonchev–Trinajstić information content (AvgIpc) is 2.64. The van der Waals surface area contributed by atoms with Crippen LogP contribution in [0.1, 0.15) is 21.5 Å². The zero-order valence-corrected chi connectivity index (χ0v) is 13.4. The van der Waals surface area contributed by atoms with Crippen molar-refractivity contribution >= 4 is 11.9 Å². The van der Waals surface area contributed by atoms with Crippen LogP contribution >= 0.6 is 0 Å². The number of carbonyl (C=O) groups is 2. The van der Waals surface area contributed by atoms with Gasteiger partial charge in [0.2, 0.25) is 0 Å². The van der Waals surface area contributed by atoms with Gasteiger partial charge in [-0.15, -0.1) is 0 Å². The van der Waals surface area contributed by atoms with Gasteiger partial charge in [-0.3, -0.25) is 14.2 Å². The predicted molar refractivity (Wildman–Crippen MR) is 91.5 cm³/mol. The van der Waals surface area contributed by atoms with Crippen molar-refractivity contribution in [3.05, 3.63) is 93.9 Å². The van der Waals surface area contributed by atoms with Crippen LogP contribution in [0.4, 0.5) is 4.79 Å². The van der Waals surface area contributed by atoms with E-state index in [9.17, 15) is 19.5 Å². The highest BCUT2D eigenvalue weighted by molar-refractivity contribution is 6.09. The topological polar surface area (TPSA) is 79.2 Å². The third kappa shape index (κ3) is 3.12. The van der Waals surface area contributed by atoms with E-state index in [1.165, 1.54) is 6.20 Å². The Morgan fingerprint density at radius 1 is 0.880 bits per heavy atom. The lowest BCUT2D eigenvalue weighted by atomic mass is 9.98. The molecule has 0 atom stereocenters. The Hall–Kier alpha value is -3.47. The Kier molecular flexibility index (Phi) is 4.31. The number of ketones is 1. The number of carbonyl (C=O) groups excluding carboxylic acids is 2. The minimum Gasteiger partial charge on any atom is -0.529 e. The molecular formula is C20H14NO4-. The van der Waals surface area contributed by atoms with Gasteiger partial charge in [0.1, 0.15) is 6.09 Å². The molecule has 0 aliphatic heterocycles. The lowest BCUT2D eigenvalue weighted by Crippen LogP contribution is -2.37. The first-order valence-electron chi connectivity index (χ1n) is 7.63. The second-order valence-electron chi connectivity index (χ2n) is 5.57. The number of nitrogens with zero attached hydrogens (tertiary/aromatic N) is 1. The number of hydrogen-bond donors (Lipinski definition) is 0. The van der Waals surface area contributed by atoms with E-state index in [2.05, 4.69) is 0 Å². The molecule has 25 heavy (non-hydrogen) atoms. The summed E-state index contributed by atoms with van der Waals surface area (Å²) < 4.78 is 0.534. The lowest BCUT2D eigenvalue weighted by Gasteiger charge is -2.11. The van der Waals surface area contributed by atoms with Gasteiger partial charge in [-0.2, -0.15) is 0 Å². The van der Waals surface area contributed by atoms with Crippen LogP contribution in [-0.4, -0.2) is 16.4 Å². The van der Waals surface area contributed by atoms with E-state index in [0.717, 1.165) is 5.56 Å². The Balaban J connectivity index is 1.96. The molecular weight excluding hydrogens is 318 g/mol. The highest BCUT2D eigenvalue weighted by Gasteiger charge is 2.11. The zero-order chi connectivity index (χ0) is 18.0. The fraction of sp³-hybridized carbons (Fsp3) is 0.0500. The molecule has 2 aromatic carbocycles. The first-order valence-corrected chi connectivity index (χ1v) is 7.63. The molecule has 1 aromatic heterocycles. The van der Waals surface area contributed by atoms with E-state index >= 15 is 0 Å². The van der Waals surface area contributed by atoms with Gasteiger partial charge in [0.05, 0.1) is 0 Å². The SMILES string of the molecule is Cc1c(-c2ccc(C(=O)c3ccccc3)cc2)ccn(C(=O)[O-])c1=O. The number of aromatic nitrogens is 1. The fourth-order valence-corrected chi connectivity index (χ4v) is 2.65. The third-order valence-electron chi connectivity index (χ3n) is 4.02. The number of hydrogen-bond acceptors (Lipinski definition) is 4. The summed E-state index contributed by atoms with van der Waals surface area (Å²) in [5.41, 5.74) is 2.14. The maximum absolute atomic E-state index is 12.4. The third-order valence-corrected chi connectivity index (χ3v) is 4.02. The highest BCUT2D eigenvalue weighted by Crippen LogP contribution is 2.22. The number of pyridine rings is 1. The summed E-state index contributed by atoms with van der Waals surface area (Å²) in [5.74, 6) is -0.0868. The molecule has 0 aliphatic carbocycles. The summed E-state index contributed by atoms with van der Waals surface area (Å²) in [6.07, 6.45) is -0.397. The van der Waals surface area contributed by atoms with Crippen molar-refractivity contribution in [3.8, 4) is 11.1 Å². The second-order valence-corrected chi connectivity index (χ2v) is 5.57. The first-order chi connectivity index (χ1) is 12.0. The fourth-order valence-electron chi connectivity index (χ4n) is 2.65. The first kappa shape index (κ1) is 16.4. The molecule has 0 fully saturated rings. The van der Waals surface area contributed by atoms with Crippen molar-refractivity contribution in [2.45, 2.75) is 6.92 Å². The normalized spacial score (nSPS) is 10.4. The van der Waals surface area contributed by atoms with E-state index in [1.807, 2.05) is 6.07 Å². The molecule has 0 amide bonds. The Morgan fingerprint density at radius 2 is 1.48 bits per heavy atom. The molecule has 0 aliphatic rings. The van der Waals surface area contributed by atoms with Crippen LogP contribution in [0.2, 0.25) is 0 Å². The van der Waals surface area contributed by atoms with Gasteiger partial charge in [0.25, 0.3) is 5.56 Å². The van der Waals surface area contributed by atoms with Gasteiger partial charge in [-0.25, -0.2) is 0 Å². The molecule has 5 nitrogen and oxygen atoms in total. The zero-order valence-electron chi connectivity index (χ0n) is 13.4. The molecule has 3 rings (SSSR count). The molecule has 0 bridgehead atoms. The smallest absolute Gasteiger partial charge is 0.259 e. The van der Waals surface area contributed by atoms with Crippen molar-refractivity contribution < 1.29 is 14.7 Å². The van der Waals surface area contributed by atoms with Crippen LogP contribution in [0.25, 0.3) is 11.1 Å². The van der Waals surface area contributed by atoms with Gasteiger partial charge >= 0.3 is 0 Å². The van der Waals surface area contributed by atoms with Crippen LogP contribution in [0.3, 0.4) is 0 Å². The highest BCUT2D eigenvalue weighted by atomic mass is 16.4. The van der Waals surface area contributed by atoms with Crippen molar-refractivity contribution in [2.24, 2.45) is 0 Å². The van der Waals surface area contributed by atoms with Crippen molar-refractivity contribution in [3.63, 3.8) is 0 Å². The van der Waals surface area contributed by atoms with Crippen LogP contribution in [-0.2, 0) is 0 Å². The molecule has 0 saturated heterocycles. The molecule has 0 radical (unpaired) electrons. The van der Waals surface area contributed by atoms with E-state index in [1.54, 1.807) is 61.5 Å². The quantitative estimate of drug-likeness (QED) is 0.689. The number of benzene rings is 2. The second kappa shape index (κ2) is 6.57. The Morgan fingerprint density at radius 3 is 2.08 bits per heavy atom. The lowest BCUT2D eigenvalue weighted by molar-refractivity contribution is -0.250. The minimum absolute atomic E-state index is 0.0868. The summed E-state index contributed by atoms with van der Waals surface area (Å²) in [6.45, 7) is 1.56. The van der Waals surface area contributed by atoms with E-state index in [-0.39, 0.29) is 5.78 Å². The van der Waals surface area contributed by atoms with Crippen LogP contribution in [0.15, 0.2) is 71.7 Å². The molecule has 0 spiro atoms. The molecule has 124 valence electrons. The summed E-state index contributed by atoms with van der Waals surface area (Å²) in [6, 6.07) is 17.3. The van der Waals surface area contributed by atoms with E-state index in [0.29, 0.717) is 26.8 Å². The molecule has 0 N–H and O–H groups in total. The minimum atomic E-state index is -1.57. The Labute approximate surface area is 143 Å². The van der Waals surface area contributed by atoms with E-state index < -0.39 is 11.7 Å². The maximum Gasteiger partial charge on any atom is 0.259 e. The summed E-state index contributed by atoms with van der Waals surface area (Å²) >= 11 is 0. The van der Waals surface area contributed by atoms with E-state index in [4.69, 9.17) is 0 Å². The van der Waals surface area contributed by atoms with Gasteiger partial charge < -0.3 is 9.90 Å². The standard InChI is InChI=1S/C20H15NO4/c1-13-17(11-12-21(19(13)23)20(24)25)14-7-9-16(10-8-14)18(22)15-5-3-2-4-6-15/h2-12H,1H3,(H,24,25)/p-1. The van der Waals surface area contributed by atoms with Crippen LogP contribution < -0.4 is 10.7 Å². The summed E-state index contributed by atoms with van der Waals surface area (Å²) in [5, 5.41) is 10.9. The molecule has 1 heterocycles. The molecule has 0 saturated carbocycles. The van der Waals surface area contributed by atoms with Gasteiger partial charge in [0, 0.05) is 22.9 Å². The molecule has 5 heteroatoms. The summed E-state index contributed by atoms with van der Waals surface area (Å²) in [4.78, 5) is 35.4. The van der Waals surface area contributed by atoms with Gasteiger partial charge in [0.15, 0.2) is 5.78 Å². The van der Waals surface area contributed by atoms with Crippen LogP contribution in [0.5, 0.6) is 0 Å². The van der Waals surface area contributed by atoms with Gasteiger partial charge in [-0.1, -0.05) is 54.6 Å².